The number of nitriles is 1. The van der Waals surface area contributed by atoms with Crippen molar-refractivity contribution in [3.05, 3.63) is 35.4 Å². The van der Waals surface area contributed by atoms with Crippen LogP contribution in [0.2, 0.25) is 0 Å². The highest BCUT2D eigenvalue weighted by Crippen LogP contribution is 2.08. The molecule has 0 saturated heterocycles. The molecular weight excluding hydrogens is 244 g/mol. The van der Waals surface area contributed by atoms with Crippen LogP contribution in [0.25, 0.3) is 0 Å². The van der Waals surface area contributed by atoms with E-state index in [0.717, 1.165) is 0 Å². The third-order valence-electron chi connectivity index (χ3n) is 2.59. The lowest BCUT2D eigenvalue weighted by atomic mass is 10.0. The highest BCUT2D eigenvalue weighted by atomic mass is 16.4. The van der Waals surface area contributed by atoms with Gasteiger partial charge in [0.1, 0.15) is 6.04 Å². The number of nitrogens with one attached hydrogen (secondary N) is 1. The minimum atomic E-state index is -1.05. The van der Waals surface area contributed by atoms with Gasteiger partial charge in [0.05, 0.1) is 11.6 Å². The summed E-state index contributed by atoms with van der Waals surface area (Å²) >= 11 is 0. The maximum absolute atomic E-state index is 11.9. The summed E-state index contributed by atoms with van der Waals surface area (Å²) in [6.07, 6.45) is 0.372. The van der Waals surface area contributed by atoms with E-state index in [0.29, 0.717) is 17.5 Å². The van der Waals surface area contributed by atoms with Crippen molar-refractivity contribution in [1.82, 2.24) is 5.32 Å². The Bertz CT molecular complexity index is 500. The van der Waals surface area contributed by atoms with E-state index in [1.165, 1.54) is 24.3 Å². The van der Waals surface area contributed by atoms with E-state index in [9.17, 15) is 9.59 Å². The van der Waals surface area contributed by atoms with Crippen molar-refractivity contribution in [1.29, 1.82) is 5.26 Å². The molecular formula is C14H16N2O3. The predicted octanol–water partition coefficient (Wildman–Crippen LogP) is 1.79. The molecule has 100 valence electrons. The van der Waals surface area contributed by atoms with Gasteiger partial charge in [0.25, 0.3) is 5.91 Å². The van der Waals surface area contributed by atoms with Crippen LogP contribution in [0, 0.1) is 17.2 Å². The fourth-order valence-corrected chi connectivity index (χ4v) is 1.63. The largest absolute Gasteiger partial charge is 0.480 e. The van der Waals surface area contributed by atoms with Crippen molar-refractivity contribution in [2.45, 2.75) is 26.3 Å². The summed E-state index contributed by atoms with van der Waals surface area (Å²) in [5, 5.41) is 20.2. The van der Waals surface area contributed by atoms with E-state index < -0.39 is 17.9 Å². The number of carboxylic acid groups (broad SMARTS) is 1. The molecule has 0 fully saturated rings. The van der Waals surface area contributed by atoms with Gasteiger partial charge in [-0.05, 0) is 36.6 Å². The first kappa shape index (κ1) is 14.7. The lowest BCUT2D eigenvalue weighted by Crippen LogP contribution is -2.41. The Morgan fingerprint density at radius 3 is 2.32 bits per heavy atom. The van der Waals surface area contributed by atoms with Crippen LogP contribution in [0.1, 0.15) is 36.2 Å². The summed E-state index contributed by atoms with van der Waals surface area (Å²) in [4.78, 5) is 22.9. The van der Waals surface area contributed by atoms with Gasteiger partial charge in [0, 0.05) is 5.56 Å². The number of rotatable bonds is 5. The molecule has 1 rings (SSSR count). The maximum Gasteiger partial charge on any atom is 0.326 e. The number of aliphatic carboxylic acids is 1. The fourth-order valence-electron chi connectivity index (χ4n) is 1.63. The lowest BCUT2D eigenvalue weighted by Gasteiger charge is -2.16. The molecule has 0 aliphatic heterocycles. The van der Waals surface area contributed by atoms with E-state index in [1.807, 2.05) is 19.9 Å². The third-order valence-corrected chi connectivity index (χ3v) is 2.59. The van der Waals surface area contributed by atoms with Gasteiger partial charge in [-0.25, -0.2) is 4.79 Å². The van der Waals surface area contributed by atoms with Gasteiger partial charge in [-0.15, -0.1) is 0 Å². The fraction of sp³-hybridized carbons (Fsp3) is 0.357. The van der Waals surface area contributed by atoms with Gasteiger partial charge in [-0.3, -0.25) is 4.79 Å². The molecule has 0 heterocycles. The molecule has 0 unspecified atom stereocenters. The molecule has 0 aliphatic carbocycles. The topological polar surface area (TPSA) is 90.2 Å². The van der Waals surface area contributed by atoms with E-state index in [4.69, 9.17) is 10.4 Å². The van der Waals surface area contributed by atoms with Gasteiger partial charge >= 0.3 is 5.97 Å². The number of benzene rings is 1. The Kier molecular flexibility index (Phi) is 5.07. The Hall–Kier alpha value is -2.35. The molecule has 0 spiro atoms. The van der Waals surface area contributed by atoms with Crippen molar-refractivity contribution >= 4 is 11.9 Å². The first-order valence-corrected chi connectivity index (χ1v) is 5.98. The number of carbonyl (C=O) groups excluding carboxylic acids is 1. The molecule has 1 aromatic rings. The van der Waals surface area contributed by atoms with Crippen LogP contribution in [-0.4, -0.2) is 23.0 Å². The molecule has 0 aromatic heterocycles. The average Bonchev–Trinajstić information content (AvgIpc) is 2.37. The van der Waals surface area contributed by atoms with Gasteiger partial charge in [-0.1, -0.05) is 13.8 Å². The summed E-state index contributed by atoms with van der Waals surface area (Å²) in [5.74, 6) is -1.32. The first-order valence-electron chi connectivity index (χ1n) is 5.98. The minimum Gasteiger partial charge on any atom is -0.480 e. The van der Waals surface area contributed by atoms with E-state index >= 15 is 0 Å². The van der Waals surface area contributed by atoms with Crippen molar-refractivity contribution in [2.75, 3.05) is 0 Å². The van der Waals surface area contributed by atoms with Gasteiger partial charge in [0.2, 0.25) is 0 Å². The van der Waals surface area contributed by atoms with Crippen LogP contribution >= 0.6 is 0 Å². The van der Waals surface area contributed by atoms with Gasteiger partial charge in [-0.2, -0.15) is 5.26 Å². The number of carboxylic acids is 1. The zero-order valence-electron chi connectivity index (χ0n) is 10.9. The van der Waals surface area contributed by atoms with E-state index in [1.54, 1.807) is 0 Å². The third kappa shape index (κ3) is 4.43. The number of hydrogen-bond acceptors (Lipinski definition) is 3. The van der Waals surface area contributed by atoms with Crippen LogP contribution in [0.5, 0.6) is 0 Å². The Morgan fingerprint density at radius 2 is 1.89 bits per heavy atom. The Labute approximate surface area is 111 Å². The van der Waals surface area contributed by atoms with Crippen LogP contribution in [0.15, 0.2) is 24.3 Å². The smallest absolute Gasteiger partial charge is 0.326 e. The van der Waals surface area contributed by atoms with E-state index in [-0.39, 0.29) is 5.92 Å². The molecule has 2 N–H and O–H groups in total. The molecule has 1 aromatic carbocycles. The maximum atomic E-state index is 11.9. The quantitative estimate of drug-likeness (QED) is 0.844. The second-order valence-electron chi connectivity index (χ2n) is 4.68. The number of carbonyl (C=O) groups is 2. The normalized spacial score (nSPS) is 11.7. The number of amides is 1. The van der Waals surface area contributed by atoms with Gasteiger partial charge < -0.3 is 10.4 Å². The van der Waals surface area contributed by atoms with Gasteiger partial charge in [0.15, 0.2) is 0 Å². The highest BCUT2D eigenvalue weighted by molar-refractivity contribution is 5.96. The van der Waals surface area contributed by atoms with Crippen molar-refractivity contribution in [3.63, 3.8) is 0 Å². The summed E-state index contributed by atoms with van der Waals surface area (Å²) in [5.41, 5.74) is 0.794. The van der Waals surface area contributed by atoms with Crippen LogP contribution in [0.3, 0.4) is 0 Å². The molecule has 1 atom stereocenters. The first-order chi connectivity index (χ1) is 8.93. The zero-order valence-corrected chi connectivity index (χ0v) is 10.9. The molecule has 19 heavy (non-hydrogen) atoms. The summed E-state index contributed by atoms with van der Waals surface area (Å²) in [7, 11) is 0. The lowest BCUT2D eigenvalue weighted by molar-refractivity contribution is -0.139. The standard InChI is InChI=1S/C14H16N2O3/c1-9(2)7-12(14(18)19)16-13(17)11-5-3-10(8-15)4-6-11/h3-6,9,12H,7H2,1-2H3,(H,16,17)(H,18,19)/t12-/m0/s1. The van der Waals surface area contributed by atoms with Crippen molar-refractivity contribution in [2.24, 2.45) is 5.92 Å². The number of hydrogen-bond donors (Lipinski definition) is 2. The molecule has 0 aliphatic rings. The van der Waals surface area contributed by atoms with Crippen molar-refractivity contribution < 1.29 is 14.7 Å². The zero-order chi connectivity index (χ0) is 14.4. The summed E-state index contributed by atoms with van der Waals surface area (Å²) in [6, 6.07) is 7.10. The molecule has 1 amide bonds. The Morgan fingerprint density at radius 1 is 1.32 bits per heavy atom. The van der Waals surface area contributed by atoms with Crippen molar-refractivity contribution in [3.8, 4) is 6.07 Å². The molecule has 0 saturated carbocycles. The SMILES string of the molecule is CC(C)C[C@H](NC(=O)c1ccc(C#N)cc1)C(=O)O. The minimum absolute atomic E-state index is 0.169. The van der Waals surface area contributed by atoms with Crippen LogP contribution in [-0.2, 0) is 4.79 Å². The summed E-state index contributed by atoms with van der Waals surface area (Å²) in [6.45, 7) is 3.79. The van der Waals surface area contributed by atoms with Crippen LogP contribution < -0.4 is 5.32 Å². The number of nitrogens with zero attached hydrogens (tertiary/aromatic N) is 1. The second-order valence-corrected chi connectivity index (χ2v) is 4.68. The van der Waals surface area contributed by atoms with Crippen LogP contribution in [0.4, 0.5) is 0 Å². The van der Waals surface area contributed by atoms with E-state index in [2.05, 4.69) is 5.32 Å². The second kappa shape index (κ2) is 6.55. The molecule has 0 radical (unpaired) electrons. The molecule has 5 heteroatoms. The molecule has 0 bridgehead atoms. The predicted molar refractivity (Wildman–Crippen MR) is 69.5 cm³/mol. The Balaban J connectivity index is 2.76. The average molecular weight is 260 g/mol. The molecule has 5 nitrogen and oxygen atoms in total. The monoisotopic (exact) mass is 260 g/mol. The highest BCUT2D eigenvalue weighted by Gasteiger charge is 2.21. The summed E-state index contributed by atoms with van der Waals surface area (Å²) < 4.78 is 0.